The van der Waals surface area contributed by atoms with Crippen molar-refractivity contribution in [3.8, 4) is 11.6 Å². The normalized spacial score (nSPS) is 13.3. The number of amides is 1. The fourth-order valence-electron chi connectivity index (χ4n) is 4.15. The third-order valence-corrected chi connectivity index (χ3v) is 6.32. The molecule has 4 N–H and O–H groups in total. The average molecular weight is 543 g/mol. The lowest BCUT2D eigenvalue weighted by atomic mass is 9.85. The number of aromatic nitrogens is 1. The van der Waals surface area contributed by atoms with Gasteiger partial charge in [0.25, 0.3) is 5.91 Å². The molecule has 0 aliphatic carbocycles. The van der Waals surface area contributed by atoms with Gasteiger partial charge in [0, 0.05) is 30.6 Å². The Kier molecular flexibility index (Phi) is 9.21. The van der Waals surface area contributed by atoms with E-state index in [0.29, 0.717) is 19.0 Å². The van der Waals surface area contributed by atoms with Crippen LogP contribution in [0.5, 0.6) is 11.6 Å². The Morgan fingerprint density at radius 3 is 2.33 bits per heavy atom. The van der Waals surface area contributed by atoms with Gasteiger partial charge in [0.15, 0.2) is 5.60 Å². The number of amidine groups is 1. The molecule has 0 spiro atoms. The zero-order valence-electron chi connectivity index (χ0n) is 22.3. The third kappa shape index (κ3) is 8.20. The molecule has 0 aliphatic heterocycles. The number of nitrogens with zero attached hydrogens (tertiary/aromatic N) is 1. The lowest BCUT2D eigenvalue weighted by Crippen LogP contribution is -2.51. The lowest BCUT2D eigenvalue weighted by molar-refractivity contribution is -0.138. The molecular formula is C29H33F3N4O3. The summed E-state index contributed by atoms with van der Waals surface area (Å²) in [5, 5.41) is 10.7. The highest BCUT2D eigenvalue weighted by molar-refractivity contribution is 5.85. The SMILES string of the molecule is COc1ccc(CC(c2cccc(CC(=N)N)c2)C(C)NC(=O)C(C)(C)Oc2ccc(C(F)(F)F)cn2)cc1. The van der Waals surface area contributed by atoms with Crippen molar-refractivity contribution < 1.29 is 27.4 Å². The first-order valence-corrected chi connectivity index (χ1v) is 12.4. The van der Waals surface area contributed by atoms with Crippen molar-refractivity contribution in [2.24, 2.45) is 5.73 Å². The van der Waals surface area contributed by atoms with Gasteiger partial charge in [-0.05, 0) is 62.1 Å². The van der Waals surface area contributed by atoms with Crippen LogP contribution in [0.1, 0.15) is 48.9 Å². The van der Waals surface area contributed by atoms with Crippen LogP contribution < -0.4 is 20.5 Å². The summed E-state index contributed by atoms with van der Waals surface area (Å²) in [5.41, 5.74) is 6.16. The maximum Gasteiger partial charge on any atom is 0.417 e. The second-order valence-electron chi connectivity index (χ2n) is 9.86. The summed E-state index contributed by atoms with van der Waals surface area (Å²) < 4.78 is 49.5. The first-order chi connectivity index (χ1) is 18.3. The Bertz CT molecular complexity index is 1280. The van der Waals surface area contributed by atoms with Crippen molar-refractivity contribution in [3.05, 3.63) is 89.1 Å². The number of halogens is 3. The highest BCUT2D eigenvalue weighted by atomic mass is 19.4. The van der Waals surface area contributed by atoms with E-state index in [0.717, 1.165) is 34.6 Å². The van der Waals surface area contributed by atoms with Crippen LogP contribution in [-0.2, 0) is 23.8 Å². The number of hydrogen-bond donors (Lipinski definition) is 3. The lowest BCUT2D eigenvalue weighted by Gasteiger charge is -2.31. The Morgan fingerprint density at radius 2 is 1.77 bits per heavy atom. The molecular weight excluding hydrogens is 509 g/mol. The van der Waals surface area contributed by atoms with Gasteiger partial charge in [-0.25, -0.2) is 4.98 Å². The first-order valence-electron chi connectivity index (χ1n) is 12.4. The van der Waals surface area contributed by atoms with E-state index < -0.39 is 23.2 Å². The summed E-state index contributed by atoms with van der Waals surface area (Å²) in [7, 11) is 1.60. The predicted molar refractivity (Wildman–Crippen MR) is 143 cm³/mol. The second-order valence-corrected chi connectivity index (χ2v) is 9.86. The number of carbonyl (C=O) groups is 1. The molecule has 0 fully saturated rings. The largest absolute Gasteiger partial charge is 0.497 e. The van der Waals surface area contributed by atoms with Gasteiger partial charge in [0.05, 0.1) is 18.5 Å². The standard InChI is InChI=1S/C29H33F3N4O3/c1-18(36-27(37)28(2,3)39-26-13-10-22(17-35-26)29(30,31)32)24(15-19-8-11-23(38-4)12-9-19)21-7-5-6-20(14-21)16-25(33)34/h5-14,17-18,24H,15-16H2,1-4H3,(H3,33,34)(H,36,37). The number of hydrogen-bond acceptors (Lipinski definition) is 5. The smallest absolute Gasteiger partial charge is 0.417 e. The van der Waals surface area contributed by atoms with Gasteiger partial charge >= 0.3 is 6.18 Å². The van der Waals surface area contributed by atoms with Gasteiger partial charge in [0.1, 0.15) is 5.75 Å². The molecule has 1 heterocycles. The molecule has 1 amide bonds. The van der Waals surface area contributed by atoms with E-state index in [4.69, 9.17) is 20.6 Å². The van der Waals surface area contributed by atoms with Crippen molar-refractivity contribution in [2.75, 3.05) is 7.11 Å². The molecule has 2 atom stereocenters. The number of nitrogens with one attached hydrogen (secondary N) is 2. The first kappa shape index (κ1) is 29.5. The molecule has 0 aliphatic rings. The number of methoxy groups -OCH3 is 1. The van der Waals surface area contributed by atoms with Crippen molar-refractivity contribution >= 4 is 11.7 Å². The van der Waals surface area contributed by atoms with E-state index in [9.17, 15) is 18.0 Å². The fourth-order valence-corrected chi connectivity index (χ4v) is 4.15. The molecule has 0 saturated carbocycles. The van der Waals surface area contributed by atoms with E-state index in [2.05, 4.69) is 10.3 Å². The van der Waals surface area contributed by atoms with Gasteiger partial charge in [-0.15, -0.1) is 0 Å². The number of carbonyl (C=O) groups excluding carboxylic acids is 1. The fraction of sp³-hybridized carbons (Fsp3) is 0.345. The van der Waals surface area contributed by atoms with Gasteiger partial charge in [-0.2, -0.15) is 13.2 Å². The summed E-state index contributed by atoms with van der Waals surface area (Å²) in [5.74, 6) is 0.0833. The Morgan fingerprint density at radius 1 is 1.08 bits per heavy atom. The molecule has 7 nitrogen and oxygen atoms in total. The summed E-state index contributed by atoms with van der Waals surface area (Å²) in [6, 6.07) is 17.0. The number of ether oxygens (including phenoxy) is 2. The summed E-state index contributed by atoms with van der Waals surface area (Å²) in [6.45, 7) is 4.94. The van der Waals surface area contributed by atoms with Crippen LogP contribution >= 0.6 is 0 Å². The number of benzene rings is 2. The molecule has 208 valence electrons. The summed E-state index contributed by atoms with van der Waals surface area (Å²) in [4.78, 5) is 17.0. The van der Waals surface area contributed by atoms with E-state index in [1.165, 1.54) is 13.8 Å². The quantitative estimate of drug-likeness (QED) is 0.226. The summed E-state index contributed by atoms with van der Waals surface area (Å²) >= 11 is 0. The predicted octanol–water partition coefficient (Wildman–Crippen LogP) is 5.28. The number of rotatable bonds is 11. The van der Waals surface area contributed by atoms with Gasteiger partial charge in [0.2, 0.25) is 5.88 Å². The van der Waals surface area contributed by atoms with E-state index in [-0.39, 0.29) is 23.7 Å². The Labute approximate surface area is 226 Å². The minimum atomic E-state index is -4.52. The topological polar surface area (TPSA) is 110 Å². The van der Waals surface area contributed by atoms with E-state index in [1.54, 1.807) is 7.11 Å². The van der Waals surface area contributed by atoms with E-state index >= 15 is 0 Å². The maximum absolute atomic E-state index is 13.3. The van der Waals surface area contributed by atoms with Crippen molar-refractivity contribution in [1.82, 2.24) is 10.3 Å². The highest BCUT2D eigenvalue weighted by Crippen LogP contribution is 2.30. The molecule has 2 unspecified atom stereocenters. The molecule has 3 rings (SSSR count). The molecule has 39 heavy (non-hydrogen) atoms. The zero-order chi connectivity index (χ0) is 28.8. The van der Waals surface area contributed by atoms with Gasteiger partial charge in [-0.1, -0.05) is 36.4 Å². The van der Waals surface area contributed by atoms with Crippen molar-refractivity contribution in [1.29, 1.82) is 5.41 Å². The number of pyridine rings is 1. The second kappa shape index (κ2) is 12.2. The van der Waals surface area contributed by atoms with Crippen LogP contribution in [0.3, 0.4) is 0 Å². The van der Waals surface area contributed by atoms with Crippen LogP contribution in [0.4, 0.5) is 13.2 Å². The highest BCUT2D eigenvalue weighted by Gasteiger charge is 2.34. The molecule has 0 saturated heterocycles. The molecule has 1 aromatic heterocycles. The Balaban J connectivity index is 1.81. The number of nitrogens with two attached hydrogens (primary N) is 1. The molecule has 3 aromatic rings. The van der Waals surface area contributed by atoms with Gasteiger partial charge < -0.3 is 20.5 Å². The average Bonchev–Trinajstić information content (AvgIpc) is 2.86. The van der Waals surface area contributed by atoms with Crippen LogP contribution in [-0.4, -0.2) is 35.5 Å². The molecule has 10 heteroatoms. The van der Waals surface area contributed by atoms with Crippen LogP contribution in [0.15, 0.2) is 66.9 Å². The third-order valence-electron chi connectivity index (χ3n) is 6.32. The summed E-state index contributed by atoms with van der Waals surface area (Å²) in [6.07, 6.45) is -2.94. The Hall–Kier alpha value is -4.08. The minimum absolute atomic E-state index is 0.0518. The van der Waals surface area contributed by atoms with Crippen LogP contribution in [0.2, 0.25) is 0 Å². The van der Waals surface area contributed by atoms with Gasteiger partial charge in [-0.3, -0.25) is 10.2 Å². The van der Waals surface area contributed by atoms with Crippen LogP contribution in [0.25, 0.3) is 0 Å². The van der Waals surface area contributed by atoms with E-state index in [1.807, 2.05) is 55.5 Å². The van der Waals surface area contributed by atoms with Crippen molar-refractivity contribution in [3.63, 3.8) is 0 Å². The minimum Gasteiger partial charge on any atom is -0.497 e. The zero-order valence-corrected chi connectivity index (χ0v) is 22.3. The molecule has 0 bridgehead atoms. The monoisotopic (exact) mass is 542 g/mol. The van der Waals surface area contributed by atoms with Crippen molar-refractivity contribution in [2.45, 2.75) is 57.3 Å². The number of alkyl halides is 3. The molecule has 2 aromatic carbocycles. The van der Waals surface area contributed by atoms with Crippen LogP contribution in [0, 0.1) is 5.41 Å². The molecule has 0 radical (unpaired) electrons. The maximum atomic E-state index is 13.3.